The van der Waals surface area contributed by atoms with Gasteiger partial charge in [0.15, 0.2) is 5.69 Å². The summed E-state index contributed by atoms with van der Waals surface area (Å²) in [6.07, 6.45) is 5.42. The standard InChI is InChI=1S/C17H31N5O/c1-12(2)6-5-7-13(3)19-17(23)16-14(4)22(21-20-16)15-8-10-18-11-9-15/h12-13,15,18H,5-11H2,1-4H3,(H,19,23). The number of nitrogens with zero attached hydrogens (tertiary/aromatic N) is 3. The van der Waals surface area contributed by atoms with E-state index in [2.05, 4.69) is 41.7 Å². The summed E-state index contributed by atoms with van der Waals surface area (Å²) in [6, 6.07) is 0.526. The van der Waals surface area contributed by atoms with E-state index < -0.39 is 0 Å². The summed E-state index contributed by atoms with van der Waals surface area (Å²) >= 11 is 0. The van der Waals surface area contributed by atoms with E-state index in [-0.39, 0.29) is 11.9 Å². The fourth-order valence-electron chi connectivity index (χ4n) is 3.15. The minimum atomic E-state index is -0.0975. The number of hydrogen-bond donors (Lipinski definition) is 2. The quantitative estimate of drug-likeness (QED) is 0.809. The predicted molar refractivity (Wildman–Crippen MR) is 91.5 cm³/mol. The minimum Gasteiger partial charge on any atom is -0.348 e. The zero-order valence-electron chi connectivity index (χ0n) is 14.9. The summed E-state index contributed by atoms with van der Waals surface area (Å²) in [6.45, 7) is 10.5. The largest absolute Gasteiger partial charge is 0.348 e. The van der Waals surface area contributed by atoms with Gasteiger partial charge in [-0.25, -0.2) is 4.68 Å². The molecule has 1 atom stereocenters. The lowest BCUT2D eigenvalue weighted by molar-refractivity contribution is 0.0932. The van der Waals surface area contributed by atoms with Crippen LogP contribution in [0.25, 0.3) is 0 Å². The first-order valence-corrected chi connectivity index (χ1v) is 8.92. The Hall–Kier alpha value is -1.43. The molecule has 0 bridgehead atoms. The lowest BCUT2D eigenvalue weighted by Crippen LogP contribution is -2.33. The van der Waals surface area contributed by atoms with Crippen molar-refractivity contribution < 1.29 is 4.79 Å². The maximum absolute atomic E-state index is 12.4. The molecule has 1 aromatic heterocycles. The Morgan fingerprint density at radius 2 is 2.00 bits per heavy atom. The van der Waals surface area contributed by atoms with Gasteiger partial charge in [-0.15, -0.1) is 5.10 Å². The van der Waals surface area contributed by atoms with Crippen LogP contribution in [0.3, 0.4) is 0 Å². The number of nitrogens with one attached hydrogen (secondary N) is 2. The topological polar surface area (TPSA) is 71.8 Å². The van der Waals surface area contributed by atoms with Crippen LogP contribution in [-0.4, -0.2) is 40.0 Å². The smallest absolute Gasteiger partial charge is 0.273 e. The highest BCUT2D eigenvalue weighted by Crippen LogP contribution is 2.20. The van der Waals surface area contributed by atoms with Crippen molar-refractivity contribution in [2.75, 3.05) is 13.1 Å². The van der Waals surface area contributed by atoms with Gasteiger partial charge >= 0.3 is 0 Å². The van der Waals surface area contributed by atoms with Gasteiger partial charge in [0.2, 0.25) is 0 Å². The molecule has 0 saturated carbocycles. The van der Waals surface area contributed by atoms with E-state index in [1.54, 1.807) is 0 Å². The van der Waals surface area contributed by atoms with Gasteiger partial charge in [-0.2, -0.15) is 0 Å². The van der Waals surface area contributed by atoms with Gasteiger partial charge in [-0.3, -0.25) is 4.79 Å². The molecule has 0 radical (unpaired) electrons. The zero-order chi connectivity index (χ0) is 16.8. The Morgan fingerprint density at radius 3 is 2.65 bits per heavy atom. The molecule has 2 N–H and O–H groups in total. The molecule has 6 heteroatoms. The molecule has 2 heterocycles. The molecule has 1 amide bonds. The molecular formula is C17H31N5O. The SMILES string of the molecule is Cc1c(C(=O)NC(C)CCCC(C)C)nnn1C1CCNCC1. The van der Waals surface area contributed by atoms with Gasteiger partial charge in [0.25, 0.3) is 5.91 Å². The van der Waals surface area contributed by atoms with E-state index in [0.29, 0.717) is 17.7 Å². The molecule has 1 unspecified atom stereocenters. The fraction of sp³-hybridized carbons (Fsp3) is 0.824. The summed E-state index contributed by atoms with van der Waals surface area (Å²) in [5, 5.41) is 14.8. The molecular weight excluding hydrogens is 290 g/mol. The third kappa shape index (κ3) is 5.03. The van der Waals surface area contributed by atoms with Gasteiger partial charge in [0.1, 0.15) is 0 Å². The summed E-state index contributed by atoms with van der Waals surface area (Å²) in [4.78, 5) is 12.4. The van der Waals surface area contributed by atoms with Crippen molar-refractivity contribution in [3.63, 3.8) is 0 Å². The number of carbonyl (C=O) groups is 1. The molecule has 1 saturated heterocycles. The van der Waals surface area contributed by atoms with Crippen LogP contribution >= 0.6 is 0 Å². The molecule has 0 spiro atoms. The zero-order valence-corrected chi connectivity index (χ0v) is 14.9. The van der Waals surface area contributed by atoms with E-state index in [1.807, 2.05) is 11.6 Å². The number of amides is 1. The van der Waals surface area contributed by atoms with Crippen LogP contribution in [0.2, 0.25) is 0 Å². The number of aromatic nitrogens is 3. The first kappa shape index (κ1) is 17.9. The van der Waals surface area contributed by atoms with Crippen molar-refractivity contribution in [3.05, 3.63) is 11.4 Å². The van der Waals surface area contributed by atoms with E-state index in [4.69, 9.17) is 0 Å². The van der Waals surface area contributed by atoms with E-state index >= 15 is 0 Å². The maximum atomic E-state index is 12.4. The third-order valence-electron chi connectivity index (χ3n) is 4.59. The molecule has 0 aromatic carbocycles. The van der Waals surface area contributed by atoms with E-state index in [9.17, 15) is 4.79 Å². The molecule has 1 aliphatic rings. The first-order chi connectivity index (χ1) is 11.0. The van der Waals surface area contributed by atoms with Crippen molar-refractivity contribution in [1.82, 2.24) is 25.6 Å². The van der Waals surface area contributed by atoms with Crippen molar-refractivity contribution in [3.8, 4) is 0 Å². The average Bonchev–Trinajstić information content (AvgIpc) is 2.89. The van der Waals surface area contributed by atoms with Crippen molar-refractivity contribution in [2.45, 2.75) is 71.9 Å². The maximum Gasteiger partial charge on any atom is 0.273 e. The molecule has 1 aliphatic heterocycles. The lowest BCUT2D eigenvalue weighted by atomic mass is 10.0. The highest BCUT2D eigenvalue weighted by Gasteiger charge is 2.23. The first-order valence-electron chi connectivity index (χ1n) is 8.92. The number of rotatable bonds is 7. The van der Waals surface area contributed by atoms with Crippen molar-refractivity contribution in [1.29, 1.82) is 0 Å². The second-order valence-corrected chi connectivity index (χ2v) is 7.15. The Morgan fingerprint density at radius 1 is 1.30 bits per heavy atom. The van der Waals surface area contributed by atoms with Gasteiger partial charge in [0, 0.05) is 6.04 Å². The summed E-state index contributed by atoms with van der Waals surface area (Å²) < 4.78 is 1.93. The molecule has 0 aliphatic carbocycles. The summed E-state index contributed by atoms with van der Waals surface area (Å²) in [7, 11) is 0. The van der Waals surface area contributed by atoms with Crippen LogP contribution in [0.1, 0.15) is 75.1 Å². The summed E-state index contributed by atoms with van der Waals surface area (Å²) in [5.41, 5.74) is 1.35. The molecule has 1 aromatic rings. The molecule has 1 fully saturated rings. The van der Waals surface area contributed by atoms with Crippen LogP contribution in [0, 0.1) is 12.8 Å². The Bertz CT molecular complexity index is 505. The molecule has 6 nitrogen and oxygen atoms in total. The Labute approximate surface area is 139 Å². The fourth-order valence-corrected chi connectivity index (χ4v) is 3.15. The van der Waals surface area contributed by atoms with E-state index in [1.165, 1.54) is 6.42 Å². The summed E-state index contributed by atoms with van der Waals surface area (Å²) in [5.74, 6) is 0.616. The second kappa shape index (κ2) is 8.43. The highest BCUT2D eigenvalue weighted by atomic mass is 16.2. The van der Waals surface area contributed by atoms with Gasteiger partial charge in [0.05, 0.1) is 11.7 Å². The van der Waals surface area contributed by atoms with Gasteiger partial charge in [-0.1, -0.05) is 31.9 Å². The molecule has 2 rings (SSSR count). The van der Waals surface area contributed by atoms with Gasteiger partial charge in [-0.05, 0) is 52.1 Å². The number of carbonyl (C=O) groups excluding carboxylic acids is 1. The van der Waals surface area contributed by atoms with Crippen LogP contribution in [0.5, 0.6) is 0 Å². The van der Waals surface area contributed by atoms with Crippen LogP contribution in [0.4, 0.5) is 0 Å². The van der Waals surface area contributed by atoms with Crippen LogP contribution in [0.15, 0.2) is 0 Å². The van der Waals surface area contributed by atoms with Gasteiger partial charge < -0.3 is 10.6 Å². The Kier molecular flexibility index (Phi) is 6.57. The van der Waals surface area contributed by atoms with Crippen molar-refractivity contribution >= 4 is 5.91 Å². The van der Waals surface area contributed by atoms with Crippen LogP contribution < -0.4 is 10.6 Å². The monoisotopic (exact) mass is 321 g/mol. The lowest BCUT2D eigenvalue weighted by Gasteiger charge is -2.23. The predicted octanol–water partition coefficient (Wildman–Crippen LogP) is 2.46. The van der Waals surface area contributed by atoms with Crippen molar-refractivity contribution in [2.24, 2.45) is 5.92 Å². The Balaban J connectivity index is 1.90. The normalized spacial score (nSPS) is 17.4. The van der Waals surface area contributed by atoms with E-state index in [0.717, 1.165) is 44.5 Å². The third-order valence-corrected chi connectivity index (χ3v) is 4.59. The second-order valence-electron chi connectivity index (χ2n) is 7.15. The minimum absolute atomic E-state index is 0.0975. The van der Waals surface area contributed by atoms with Crippen LogP contribution in [-0.2, 0) is 0 Å². The number of piperidine rings is 1. The number of hydrogen-bond acceptors (Lipinski definition) is 4. The average molecular weight is 321 g/mol. The molecule has 130 valence electrons. The molecule has 23 heavy (non-hydrogen) atoms. The highest BCUT2D eigenvalue weighted by molar-refractivity contribution is 5.93.